The number of carboxylic acid groups (broad SMARTS) is 1. The summed E-state index contributed by atoms with van der Waals surface area (Å²) < 4.78 is 0. The number of aliphatic hydroxyl groups excluding tert-OH is 1. The topological polar surface area (TPSA) is 113 Å². The third-order valence-corrected chi connectivity index (χ3v) is 3.35. The molecule has 1 aliphatic rings. The lowest BCUT2D eigenvalue weighted by Crippen LogP contribution is -2.32. The van der Waals surface area contributed by atoms with Gasteiger partial charge in [0.1, 0.15) is 6.04 Å². The van der Waals surface area contributed by atoms with Gasteiger partial charge in [-0.05, 0) is 43.0 Å². The van der Waals surface area contributed by atoms with E-state index in [1.807, 2.05) is 0 Å². The number of hydrogen-bond donors (Lipinski definition) is 4. The van der Waals surface area contributed by atoms with Gasteiger partial charge in [-0.25, -0.2) is 0 Å². The molecule has 1 aromatic rings. The summed E-state index contributed by atoms with van der Waals surface area (Å²) >= 11 is 0. The summed E-state index contributed by atoms with van der Waals surface area (Å²) in [6.45, 7) is 0. The Kier molecular flexibility index (Phi) is 4.72. The van der Waals surface area contributed by atoms with Crippen molar-refractivity contribution in [1.29, 1.82) is 0 Å². The van der Waals surface area contributed by atoms with Crippen molar-refractivity contribution in [3.63, 3.8) is 0 Å². The molecular weight excluding hydrogens is 272 g/mol. The third-order valence-electron chi connectivity index (χ3n) is 3.35. The maximum atomic E-state index is 12.0. The fourth-order valence-electron chi connectivity index (χ4n) is 2.22. The number of anilines is 1. The van der Waals surface area contributed by atoms with E-state index in [1.54, 1.807) is 30.3 Å². The van der Waals surface area contributed by atoms with Gasteiger partial charge in [0.15, 0.2) is 0 Å². The summed E-state index contributed by atoms with van der Waals surface area (Å²) in [6, 6.07) is 5.95. The summed E-state index contributed by atoms with van der Waals surface area (Å²) in [7, 11) is 0. The molecule has 112 valence electrons. The smallest absolute Gasteiger partial charge is 0.320 e. The standard InChI is InChI=1S/C15H18N2O4/c16-13(15(20)21)7-9-2-1-3-11(6-9)17-14(19)10-4-5-12(18)8-10/h1-3,6,8,12-13,18H,4-5,7,16H2,(H,17,19)(H,20,21). The Bertz CT molecular complexity index is 583. The van der Waals surface area contributed by atoms with Crippen LogP contribution in [0.2, 0.25) is 0 Å². The van der Waals surface area contributed by atoms with Crippen LogP contribution < -0.4 is 11.1 Å². The molecule has 2 unspecified atom stereocenters. The second-order valence-electron chi connectivity index (χ2n) is 5.10. The lowest BCUT2D eigenvalue weighted by Gasteiger charge is -2.10. The first-order valence-electron chi connectivity index (χ1n) is 6.73. The summed E-state index contributed by atoms with van der Waals surface area (Å²) in [5.41, 5.74) is 7.38. The van der Waals surface area contributed by atoms with Crippen molar-refractivity contribution in [2.45, 2.75) is 31.4 Å². The molecule has 0 fully saturated rings. The maximum absolute atomic E-state index is 12.0. The molecule has 0 saturated heterocycles. The first-order valence-corrected chi connectivity index (χ1v) is 6.73. The second-order valence-corrected chi connectivity index (χ2v) is 5.10. The average molecular weight is 290 g/mol. The van der Waals surface area contributed by atoms with Crippen LogP contribution >= 0.6 is 0 Å². The highest BCUT2D eigenvalue weighted by molar-refractivity contribution is 6.04. The number of aliphatic hydroxyl groups is 1. The van der Waals surface area contributed by atoms with Crippen LogP contribution in [-0.2, 0) is 16.0 Å². The molecule has 1 aromatic carbocycles. The number of benzene rings is 1. The van der Waals surface area contributed by atoms with E-state index in [4.69, 9.17) is 10.8 Å². The van der Waals surface area contributed by atoms with Gasteiger partial charge in [-0.15, -0.1) is 0 Å². The molecule has 5 N–H and O–H groups in total. The second kappa shape index (κ2) is 6.51. The Labute approximate surface area is 122 Å². The quantitative estimate of drug-likeness (QED) is 0.636. The van der Waals surface area contributed by atoms with E-state index in [9.17, 15) is 14.7 Å². The van der Waals surface area contributed by atoms with Gasteiger partial charge in [0.25, 0.3) is 5.91 Å². The summed E-state index contributed by atoms with van der Waals surface area (Å²) in [5, 5.41) is 20.9. The third kappa shape index (κ3) is 4.14. The summed E-state index contributed by atoms with van der Waals surface area (Å²) in [6.07, 6.45) is 2.32. The molecule has 6 heteroatoms. The highest BCUT2D eigenvalue weighted by atomic mass is 16.4. The van der Waals surface area contributed by atoms with Crippen LogP contribution in [0.4, 0.5) is 5.69 Å². The zero-order valence-corrected chi connectivity index (χ0v) is 11.5. The molecular formula is C15H18N2O4. The highest BCUT2D eigenvalue weighted by Crippen LogP contribution is 2.20. The lowest BCUT2D eigenvalue weighted by molar-refractivity contribution is -0.138. The Morgan fingerprint density at radius 2 is 2.19 bits per heavy atom. The number of carbonyl (C=O) groups is 2. The van der Waals surface area contributed by atoms with Crippen molar-refractivity contribution in [3.8, 4) is 0 Å². The van der Waals surface area contributed by atoms with Gasteiger partial charge < -0.3 is 21.3 Å². The van der Waals surface area contributed by atoms with E-state index < -0.39 is 18.1 Å². The summed E-state index contributed by atoms with van der Waals surface area (Å²) in [4.78, 5) is 22.7. The largest absolute Gasteiger partial charge is 0.480 e. The van der Waals surface area contributed by atoms with Crippen LogP contribution in [0.1, 0.15) is 18.4 Å². The minimum absolute atomic E-state index is 0.195. The molecule has 0 saturated carbocycles. The molecule has 2 atom stereocenters. The van der Waals surface area contributed by atoms with Crippen molar-refractivity contribution < 1.29 is 19.8 Å². The molecule has 2 rings (SSSR count). The Morgan fingerprint density at radius 1 is 1.43 bits per heavy atom. The number of aliphatic carboxylic acids is 1. The molecule has 0 heterocycles. The van der Waals surface area contributed by atoms with Crippen molar-refractivity contribution in [3.05, 3.63) is 41.5 Å². The first-order chi connectivity index (χ1) is 9.95. The molecule has 0 bridgehead atoms. The molecule has 21 heavy (non-hydrogen) atoms. The lowest BCUT2D eigenvalue weighted by atomic mass is 10.1. The minimum Gasteiger partial charge on any atom is -0.480 e. The molecule has 1 aliphatic carbocycles. The Hall–Kier alpha value is -2.18. The van der Waals surface area contributed by atoms with E-state index in [0.717, 1.165) is 5.56 Å². The minimum atomic E-state index is -1.06. The molecule has 6 nitrogen and oxygen atoms in total. The van der Waals surface area contributed by atoms with Crippen molar-refractivity contribution in [2.24, 2.45) is 5.73 Å². The van der Waals surface area contributed by atoms with Gasteiger partial charge in [0, 0.05) is 11.3 Å². The van der Waals surface area contributed by atoms with Crippen LogP contribution in [0.5, 0.6) is 0 Å². The molecule has 0 aromatic heterocycles. The Balaban J connectivity index is 2.02. The number of hydrogen-bond acceptors (Lipinski definition) is 4. The van der Waals surface area contributed by atoms with Gasteiger partial charge >= 0.3 is 5.97 Å². The predicted octanol–water partition coefficient (Wildman–Crippen LogP) is 0.661. The van der Waals surface area contributed by atoms with Gasteiger partial charge in [-0.3, -0.25) is 9.59 Å². The normalized spacial score (nSPS) is 19.0. The van der Waals surface area contributed by atoms with Crippen molar-refractivity contribution >= 4 is 17.6 Å². The van der Waals surface area contributed by atoms with Crippen LogP contribution in [0.25, 0.3) is 0 Å². The fourth-order valence-corrected chi connectivity index (χ4v) is 2.22. The number of carboxylic acids is 1. The van der Waals surface area contributed by atoms with E-state index >= 15 is 0 Å². The van der Waals surface area contributed by atoms with Crippen LogP contribution in [0.3, 0.4) is 0 Å². The Morgan fingerprint density at radius 3 is 2.81 bits per heavy atom. The fraction of sp³-hybridized carbons (Fsp3) is 0.333. The van der Waals surface area contributed by atoms with E-state index in [-0.39, 0.29) is 12.3 Å². The molecule has 0 radical (unpaired) electrons. The highest BCUT2D eigenvalue weighted by Gasteiger charge is 2.19. The number of amides is 1. The zero-order chi connectivity index (χ0) is 15.4. The van der Waals surface area contributed by atoms with Gasteiger partial charge in [-0.1, -0.05) is 12.1 Å². The van der Waals surface area contributed by atoms with Crippen molar-refractivity contribution in [1.82, 2.24) is 0 Å². The number of nitrogens with one attached hydrogen (secondary N) is 1. The number of carbonyl (C=O) groups excluding carboxylic acids is 1. The van der Waals surface area contributed by atoms with E-state index in [1.165, 1.54) is 0 Å². The SMILES string of the molecule is NC(Cc1cccc(NC(=O)C2=CC(O)CC2)c1)C(=O)O. The van der Waals surface area contributed by atoms with Crippen LogP contribution in [0, 0.1) is 0 Å². The van der Waals surface area contributed by atoms with Gasteiger partial charge in [0.2, 0.25) is 0 Å². The maximum Gasteiger partial charge on any atom is 0.320 e. The predicted molar refractivity (Wildman–Crippen MR) is 77.7 cm³/mol. The van der Waals surface area contributed by atoms with Gasteiger partial charge in [-0.2, -0.15) is 0 Å². The summed E-state index contributed by atoms with van der Waals surface area (Å²) in [5.74, 6) is -1.30. The zero-order valence-electron chi connectivity index (χ0n) is 11.5. The van der Waals surface area contributed by atoms with Crippen molar-refractivity contribution in [2.75, 3.05) is 5.32 Å². The molecule has 0 aliphatic heterocycles. The first kappa shape index (κ1) is 15.2. The van der Waals surface area contributed by atoms with E-state index in [0.29, 0.717) is 24.1 Å². The molecule has 0 spiro atoms. The number of nitrogens with two attached hydrogens (primary N) is 1. The van der Waals surface area contributed by atoms with Crippen LogP contribution in [-0.4, -0.2) is 34.2 Å². The van der Waals surface area contributed by atoms with E-state index in [2.05, 4.69) is 5.32 Å². The molecule has 1 amide bonds. The van der Waals surface area contributed by atoms with Gasteiger partial charge in [0.05, 0.1) is 6.10 Å². The van der Waals surface area contributed by atoms with Crippen LogP contribution in [0.15, 0.2) is 35.9 Å². The monoisotopic (exact) mass is 290 g/mol. The average Bonchev–Trinajstić information content (AvgIpc) is 2.86. The number of rotatable bonds is 5.